The average Bonchev–Trinajstić information content (AvgIpc) is 2.99. The molecule has 1 atom stereocenters. The highest BCUT2D eigenvalue weighted by Crippen LogP contribution is 2.33. The molecule has 4 rings (SSSR count). The van der Waals surface area contributed by atoms with E-state index in [1.807, 2.05) is 54.6 Å². The van der Waals surface area contributed by atoms with E-state index in [0.29, 0.717) is 12.2 Å². The van der Waals surface area contributed by atoms with Gasteiger partial charge < -0.3 is 25.5 Å². The Morgan fingerprint density at radius 3 is 2.64 bits per heavy atom. The van der Waals surface area contributed by atoms with E-state index >= 15 is 0 Å². The molecule has 1 aromatic heterocycles. The van der Waals surface area contributed by atoms with Gasteiger partial charge in [-0.15, -0.1) is 0 Å². The van der Waals surface area contributed by atoms with E-state index in [0.717, 1.165) is 22.0 Å². The average molecular weight is 377 g/mol. The molecule has 0 radical (unpaired) electrons. The van der Waals surface area contributed by atoms with Crippen LogP contribution < -0.4 is 10.6 Å². The van der Waals surface area contributed by atoms with Gasteiger partial charge in [0.05, 0.1) is 17.3 Å². The maximum atomic E-state index is 12.4. The minimum atomic E-state index is -1.05. The van der Waals surface area contributed by atoms with Crippen molar-refractivity contribution < 1.29 is 19.4 Å². The minimum Gasteiger partial charge on any atom is -0.478 e. The Balaban J connectivity index is 1.61. The Labute approximate surface area is 161 Å². The monoisotopic (exact) mass is 377 g/mol. The minimum absolute atomic E-state index is 0.119. The number of rotatable bonds is 4. The number of hydrogen-bond acceptors (Lipinski definition) is 4. The number of carboxylic acids is 1. The van der Waals surface area contributed by atoms with Crippen molar-refractivity contribution in [2.24, 2.45) is 0 Å². The molecule has 7 nitrogen and oxygen atoms in total. The number of aromatic nitrogens is 1. The SMILES string of the molecule is O=C(NC1CNC=C(C(=O)O)c2[nH]c3ccccc3c21)OCc1ccccc1. The largest absolute Gasteiger partial charge is 0.478 e. The zero-order valence-electron chi connectivity index (χ0n) is 14.9. The fourth-order valence-electron chi connectivity index (χ4n) is 3.39. The summed E-state index contributed by atoms with van der Waals surface area (Å²) in [6, 6.07) is 16.5. The van der Waals surface area contributed by atoms with Crippen LogP contribution in [0.5, 0.6) is 0 Å². The summed E-state index contributed by atoms with van der Waals surface area (Å²) in [5, 5.41) is 16.3. The third-order valence-electron chi connectivity index (χ3n) is 4.67. The molecule has 0 saturated heterocycles. The highest BCUT2D eigenvalue weighted by Gasteiger charge is 2.29. The van der Waals surface area contributed by atoms with Gasteiger partial charge in [0.25, 0.3) is 0 Å². The van der Waals surface area contributed by atoms with E-state index in [1.165, 1.54) is 6.20 Å². The van der Waals surface area contributed by atoms with Crippen LogP contribution in [0.2, 0.25) is 0 Å². The summed E-state index contributed by atoms with van der Waals surface area (Å²) >= 11 is 0. The molecule has 1 unspecified atom stereocenters. The number of amides is 1. The molecule has 142 valence electrons. The lowest BCUT2D eigenvalue weighted by Crippen LogP contribution is -2.34. The van der Waals surface area contributed by atoms with Crippen LogP contribution in [0.3, 0.4) is 0 Å². The summed E-state index contributed by atoms with van der Waals surface area (Å²) in [4.78, 5) is 27.2. The second-order valence-corrected chi connectivity index (χ2v) is 6.49. The van der Waals surface area contributed by atoms with Crippen LogP contribution in [0.4, 0.5) is 4.79 Å². The highest BCUT2D eigenvalue weighted by atomic mass is 16.5. The Hall–Kier alpha value is -3.74. The van der Waals surface area contributed by atoms with Gasteiger partial charge in [-0.05, 0) is 11.6 Å². The van der Waals surface area contributed by atoms with Crippen molar-refractivity contribution in [1.29, 1.82) is 0 Å². The first-order chi connectivity index (χ1) is 13.6. The maximum absolute atomic E-state index is 12.4. The number of aromatic amines is 1. The number of carbonyl (C=O) groups is 2. The Bertz CT molecular complexity index is 1060. The number of carbonyl (C=O) groups excluding carboxylic acids is 1. The van der Waals surface area contributed by atoms with Crippen molar-refractivity contribution >= 4 is 28.5 Å². The fraction of sp³-hybridized carbons (Fsp3) is 0.143. The molecule has 0 aliphatic carbocycles. The molecule has 1 amide bonds. The van der Waals surface area contributed by atoms with Crippen molar-refractivity contribution in [3.05, 3.63) is 77.6 Å². The van der Waals surface area contributed by atoms with Crippen LogP contribution in [0.25, 0.3) is 16.5 Å². The van der Waals surface area contributed by atoms with Gasteiger partial charge in [-0.25, -0.2) is 9.59 Å². The Morgan fingerprint density at radius 2 is 1.86 bits per heavy atom. The molecule has 0 fully saturated rings. The van der Waals surface area contributed by atoms with E-state index in [2.05, 4.69) is 15.6 Å². The summed E-state index contributed by atoms with van der Waals surface area (Å²) in [6.45, 7) is 0.498. The molecule has 2 heterocycles. The van der Waals surface area contributed by atoms with E-state index in [4.69, 9.17) is 4.74 Å². The van der Waals surface area contributed by atoms with Gasteiger partial charge in [-0.1, -0.05) is 48.5 Å². The second kappa shape index (κ2) is 7.48. The predicted octanol–water partition coefficient (Wildman–Crippen LogP) is 3.16. The summed E-state index contributed by atoms with van der Waals surface area (Å²) in [6.07, 6.45) is 0.888. The van der Waals surface area contributed by atoms with Crippen LogP contribution in [-0.2, 0) is 16.1 Å². The quantitative estimate of drug-likeness (QED) is 0.559. The molecule has 3 aromatic rings. The zero-order valence-corrected chi connectivity index (χ0v) is 14.9. The Kier molecular flexibility index (Phi) is 4.72. The van der Waals surface area contributed by atoms with Crippen LogP contribution in [0.15, 0.2) is 60.8 Å². The number of aliphatic carboxylic acids is 1. The van der Waals surface area contributed by atoms with Gasteiger partial charge in [0.15, 0.2) is 0 Å². The summed E-state index contributed by atoms with van der Waals surface area (Å²) in [5.41, 5.74) is 3.02. The number of H-pyrrole nitrogens is 1. The first-order valence-electron chi connectivity index (χ1n) is 8.88. The molecular formula is C21H19N3O4. The third kappa shape index (κ3) is 3.42. The van der Waals surface area contributed by atoms with Crippen molar-refractivity contribution in [2.45, 2.75) is 12.6 Å². The molecule has 28 heavy (non-hydrogen) atoms. The lowest BCUT2D eigenvalue weighted by atomic mass is 10.0. The first kappa shape index (κ1) is 17.7. The fourth-order valence-corrected chi connectivity index (χ4v) is 3.39. The number of nitrogens with one attached hydrogen (secondary N) is 3. The van der Waals surface area contributed by atoms with Gasteiger partial charge in [0, 0.05) is 29.2 Å². The van der Waals surface area contributed by atoms with Gasteiger partial charge in [-0.3, -0.25) is 0 Å². The molecule has 0 saturated carbocycles. The molecule has 0 spiro atoms. The van der Waals surface area contributed by atoms with Gasteiger partial charge in [0.2, 0.25) is 0 Å². The number of para-hydroxylation sites is 1. The third-order valence-corrected chi connectivity index (χ3v) is 4.67. The number of ether oxygens (including phenoxy) is 1. The van der Waals surface area contributed by atoms with Gasteiger partial charge in [0.1, 0.15) is 6.61 Å². The molecule has 7 heteroatoms. The second-order valence-electron chi connectivity index (χ2n) is 6.49. The molecule has 4 N–H and O–H groups in total. The van der Waals surface area contributed by atoms with Crippen molar-refractivity contribution in [1.82, 2.24) is 15.6 Å². The molecular weight excluding hydrogens is 358 g/mol. The van der Waals surface area contributed by atoms with Crippen LogP contribution in [-0.4, -0.2) is 28.7 Å². The maximum Gasteiger partial charge on any atom is 0.408 e. The number of benzene rings is 2. The topological polar surface area (TPSA) is 103 Å². The summed E-state index contributed by atoms with van der Waals surface area (Å²) in [5.74, 6) is -1.05. The normalized spacial score (nSPS) is 15.7. The van der Waals surface area contributed by atoms with Gasteiger partial charge in [-0.2, -0.15) is 0 Å². The number of fused-ring (bicyclic) bond motifs is 3. The molecule has 1 aliphatic rings. The lowest BCUT2D eigenvalue weighted by Gasteiger charge is -2.18. The number of carboxylic acid groups (broad SMARTS) is 1. The Morgan fingerprint density at radius 1 is 1.11 bits per heavy atom. The first-order valence-corrected chi connectivity index (χ1v) is 8.88. The predicted molar refractivity (Wildman–Crippen MR) is 104 cm³/mol. The van der Waals surface area contributed by atoms with Crippen LogP contribution in [0, 0.1) is 0 Å². The van der Waals surface area contributed by atoms with Crippen molar-refractivity contribution in [3.63, 3.8) is 0 Å². The molecule has 1 aliphatic heterocycles. The van der Waals surface area contributed by atoms with Crippen LogP contribution in [0.1, 0.15) is 22.9 Å². The van der Waals surface area contributed by atoms with Crippen molar-refractivity contribution in [2.75, 3.05) is 6.54 Å². The zero-order chi connectivity index (χ0) is 19.5. The summed E-state index contributed by atoms with van der Waals surface area (Å²) < 4.78 is 5.33. The molecule has 0 bridgehead atoms. The smallest absolute Gasteiger partial charge is 0.408 e. The van der Waals surface area contributed by atoms with Gasteiger partial charge >= 0.3 is 12.1 Å². The number of hydrogen-bond donors (Lipinski definition) is 4. The number of alkyl carbamates (subject to hydrolysis) is 1. The highest BCUT2D eigenvalue weighted by molar-refractivity contribution is 6.16. The van der Waals surface area contributed by atoms with Crippen molar-refractivity contribution in [3.8, 4) is 0 Å². The van der Waals surface area contributed by atoms with Crippen LogP contribution >= 0.6 is 0 Å². The standard InChI is InChI=1S/C21H19N3O4/c25-20(26)15-10-22-11-17(18-14-8-4-5-9-16(14)23-19(15)18)24-21(27)28-12-13-6-2-1-3-7-13/h1-10,17,22-23H,11-12H2,(H,24,27)(H,25,26). The van der Waals surface area contributed by atoms with E-state index in [1.54, 1.807) is 0 Å². The van der Waals surface area contributed by atoms with E-state index in [9.17, 15) is 14.7 Å². The molecule has 2 aromatic carbocycles. The summed E-state index contributed by atoms with van der Waals surface area (Å²) in [7, 11) is 0. The lowest BCUT2D eigenvalue weighted by molar-refractivity contribution is -0.130. The van der Waals surface area contributed by atoms with E-state index in [-0.39, 0.29) is 12.2 Å². The van der Waals surface area contributed by atoms with E-state index < -0.39 is 18.1 Å².